The van der Waals surface area contributed by atoms with Crippen molar-refractivity contribution in [3.63, 3.8) is 0 Å². The van der Waals surface area contributed by atoms with Gasteiger partial charge in [0.2, 0.25) is 0 Å². The molecule has 1 atom stereocenters. The highest BCUT2D eigenvalue weighted by atomic mass is 16.5. The molecule has 1 heterocycles. The topological polar surface area (TPSA) is 61.0 Å². The molecule has 0 radical (unpaired) electrons. The van der Waals surface area contributed by atoms with E-state index in [9.17, 15) is 0 Å². The zero-order valence-corrected chi connectivity index (χ0v) is 11.4. The summed E-state index contributed by atoms with van der Waals surface area (Å²) in [5, 5.41) is 0. The molecule has 0 aromatic carbocycles. The minimum absolute atomic E-state index is 0.0334. The Kier molecular flexibility index (Phi) is 4.46. The molecule has 0 saturated carbocycles. The van der Waals surface area contributed by atoms with Crippen molar-refractivity contribution in [2.45, 2.75) is 46.6 Å². The van der Waals surface area contributed by atoms with E-state index in [0.29, 0.717) is 5.69 Å². The van der Waals surface area contributed by atoms with Crippen LogP contribution in [0.3, 0.4) is 0 Å². The lowest BCUT2D eigenvalue weighted by Crippen LogP contribution is -2.23. The predicted octanol–water partition coefficient (Wildman–Crippen LogP) is 2.74. The molecule has 0 aliphatic carbocycles. The molecule has 1 rings (SSSR count). The number of ether oxygens (including phenoxy) is 1. The van der Waals surface area contributed by atoms with Crippen LogP contribution in [0, 0.1) is 5.41 Å². The van der Waals surface area contributed by atoms with Crippen molar-refractivity contribution in [2.75, 3.05) is 12.8 Å². The Morgan fingerprint density at radius 3 is 2.53 bits per heavy atom. The summed E-state index contributed by atoms with van der Waals surface area (Å²) >= 11 is 0. The zero-order chi connectivity index (χ0) is 13.1. The third kappa shape index (κ3) is 3.40. The first kappa shape index (κ1) is 13.9. The monoisotopic (exact) mass is 237 g/mol. The zero-order valence-electron chi connectivity index (χ0n) is 11.4. The maximum Gasteiger partial charge on any atom is 0.158 e. The number of rotatable bonds is 4. The van der Waals surface area contributed by atoms with Crippen molar-refractivity contribution in [3.8, 4) is 0 Å². The van der Waals surface area contributed by atoms with Crippen LogP contribution in [0.5, 0.6) is 0 Å². The number of aryl methyl sites for hydroxylation is 1. The van der Waals surface area contributed by atoms with Crippen molar-refractivity contribution in [1.82, 2.24) is 9.97 Å². The van der Waals surface area contributed by atoms with Gasteiger partial charge in [-0.3, -0.25) is 0 Å². The van der Waals surface area contributed by atoms with Gasteiger partial charge >= 0.3 is 0 Å². The fourth-order valence-electron chi connectivity index (χ4n) is 1.85. The van der Waals surface area contributed by atoms with Gasteiger partial charge in [-0.1, -0.05) is 34.1 Å². The normalized spacial score (nSPS) is 13.7. The number of hydrogen-bond donors (Lipinski definition) is 1. The van der Waals surface area contributed by atoms with Crippen LogP contribution >= 0.6 is 0 Å². The largest absolute Gasteiger partial charge is 0.396 e. The van der Waals surface area contributed by atoms with Gasteiger partial charge in [-0.2, -0.15) is 0 Å². The Hall–Kier alpha value is -1.16. The summed E-state index contributed by atoms with van der Waals surface area (Å²) in [4.78, 5) is 8.84. The molecule has 0 fully saturated rings. The van der Waals surface area contributed by atoms with Gasteiger partial charge in [-0.25, -0.2) is 9.97 Å². The molecular formula is C13H23N3O. The van der Waals surface area contributed by atoms with Crippen molar-refractivity contribution in [2.24, 2.45) is 5.41 Å². The molecule has 2 N–H and O–H groups in total. The predicted molar refractivity (Wildman–Crippen MR) is 69.6 cm³/mol. The van der Waals surface area contributed by atoms with E-state index in [2.05, 4.69) is 37.7 Å². The summed E-state index contributed by atoms with van der Waals surface area (Å²) in [6, 6.07) is 0. The fraction of sp³-hybridized carbons (Fsp3) is 0.692. The molecule has 0 saturated heterocycles. The van der Waals surface area contributed by atoms with Crippen LogP contribution in [-0.2, 0) is 11.2 Å². The highest BCUT2D eigenvalue weighted by molar-refractivity contribution is 5.40. The Labute approximate surface area is 104 Å². The SMILES string of the molecule is CCCc1nc(C(OC)C(C)(C)C)ncc1N. The van der Waals surface area contributed by atoms with Gasteiger partial charge in [0.25, 0.3) is 0 Å². The van der Waals surface area contributed by atoms with E-state index in [0.717, 1.165) is 24.4 Å². The molecule has 0 amide bonds. The molecule has 4 nitrogen and oxygen atoms in total. The van der Waals surface area contributed by atoms with Crippen LogP contribution < -0.4 is 5.73 Å². The lowest BCUT2D eigenvalue weighted by Gasteiger charge is -2.28. The van der Waals surface area contributed by atoms with Crippen molar-refractivity contribution < 1.29 is 4.74 Å². The van der Waals surface area contributed by atoms with Crippen LogP contribution in [0.2, 0.25) is 0 Å². The number of methoxy groups -OCH3 is 1. The van der Waals surface area contributed by atoms with Crippen molar-refractivity contribution >= 4 is 5.69 Å². The van der Waals surface area contributed by atoms with Crippen molar-refractivity contribution in [3.05, 3.63) is 17.7 Å². The van der Waals surface area contributed by atoms with Gasteiger partial charge in [0, 0.05) is 7.11 Å². The van der Waals surface area contributed by atoms with Gasteiger partial charge in [0.15, 0.2) is 5.82 Å². The smallest absolute Gasteiger partial charge is 0.158 e. The second kappa shape index (κ2) is 5.45. The van der Waals surface area contributed by atoms with Gasteiger partial charge in [0.1, 0.15) is 6.10 Å². The van der Waals surface area contributed by atoms with Crippen LogP contribution in [0.4, 0.5) is 5.69 Å². The summed E-state index contributed by atoms with van der Waals surface area (Å²) < 4.78 is 5.51. The van der Waals surface area contributed by atoms with E-state index in [1.807, 2.05) is 0 Å². The molecule has 1 aromatic rings. The minimum Gasteiger partial charge on any atom is -0.396 e. The summed E-state index contributed by atoms with van der Waals surface area (Å²) in [7, 11) is 1.69. The highest BCUT2D eigenvalue weighted by Crippen LogP contribution is 2.33. The highest BCUT2D eigenvalue weighted by Gasteiger charge is 2.28. The fourth-order valence-corrected chi connectivity index (χ4v) is 1.85. The third-order valence-corrected chi connectivity index (χ3v) is 2.66. The Bertz CT molecular complexity index is 371. The lowest BCUT2D eigenvalue weighted by molar-refractivity contribution is 0.00853. The third-order valence-electron chi connectivity index (χ3n) is 2.66. The molecule has 1 aromatic heterocycles. The first-order valence-electron chi connectivity index (χ1n) is 6.04. The number of nitrogen functional groups attached to an aromatic ring is 1. The van der Waals surface area contributed by atoms with Gasteiger partial charge in [0.05, 0.1) is 17.6 Å². The molecule has 0 spiro atoms. The molecule has 96 valence electrons. The van der Waals surface area contributed by atoms with E-state index in [-0.39, 0.29) is 11.5 Å². The van der Waals surface area contributed by atoms with E-state index in [1.54, 1.807) is 13.3 Å². The summed E-state index contributed by atoms with van der Waals surface area (Å²) in [5.41, 5.74) is 7.41. The molecule has 4 heteroatoms. The number of nitrogens with zero attached hydrogens (tertiary/aromatic N) is 2. The standard InChI is InChI=1S/C13H23N3O/c1-6-7-10-9(14)8-15-12(16-10)11(17-5)13(2,3)4/h8,11H,6-7,14H2,1-5H3. The average Bonchev–Trinajstić information content (AvgIpc) is 2.22. The van der Waals surface area contributed by atoms with Gasteiger partial charge < -0.3 is 10.5 Å². The Morgan fingerprint density at radius 1 is 1.41 bits per heavy atom. The summed E-state index contributed by atoms with van der Waals surface area (Å²) in [6.07, 6.45) is 3.47. The molecule has 0 aliphatic rings. The van der Waals surface area contributed by atoms with Crippen LogP contribution in [0.25, 0.3) is 0 Å². The first-order chi connectivity index (χ1) is 7.90. The lowest BCUT2D eigenvalue weighted by atomic mass is 9.88. The van der Waals surface area contributed by atoms with Gasteiger partial charge in [-0.15, -0.1) is 0 Å². The summed E-state index contributed by atoms with van der Waals surface area (Å²) in [6.45, 7) is 8.44. The van der Waals surface area contributed by atoms with Crippen LogP contribution in [-0.4, -0.2) is 17.1 Å². The number of anilines is 1. The minimum atomic E-state index is -0.112. The van der Waals surface area contributed by atoms with E-state index in [1.165, 1.54) is 0 Å². The number of nitrogens with two attached hydrogens (primary N) is 1. The maximum absolute atomic E-state index is 5.86. The Balaban J connectivity index is 3.09. The molecule has 1 unspecified atom stereocenters. The van der Waals surface area contributed by atoms with Crippen molar-refractivity contribution in [1.29, 1.82) is 0 Å². The summed E-state index contributed by atoms with van der Waals surface area (Å²) in [5.74, 6) is 0.720. The first-order valence-corrected chi connectivity index (χ1v) is 6.04. The molecule has 17 heavy (non-hydrogen) atoms. The molecular weight excluding hydrogens is 214 g/mol. The van der Waals surface area contributed by atoms with E-state index in [4.69, 9.17) is 10.5 Å². The van der Waals surface area contributed by atoms with E-state index >= 15 is 0 Å². The van der Waals surface area contributed by atoms with E-state index < -0.39 is 0 Å². The quantitative estimate of drug-likeness (QED) is 0.874. The van der Waals surface area contributed by atoms with Gasteiger partial charge in [-0.05, 0) is 11.8 Å². The van der Waals surface area contributed by atoms with Crippen LogP contribution in [0.1, 0.15) is 51.7 Å². The van der Waals surface area contributed by atoms with Crippen LogP contribution in [0.15, 0.2) is 6.20 Å². The Morgan fingerprint density at radius 2 is 2.06 bits per heavy atom. The second-order valence-corrected chi connectivity index (χ2v) is 5.36. The molecule has 0 aliphatic heterocycles. The number of aromatic nitrogens is 2. The number of hydrogen-bond acceptors (Lipinski definition) is 4. The molecule has 0 bridgehead atoms. The maximum atomic E-state index is 5.86. The average molecular weight is 237 g/mol. The second-order valence-electron chi connectivity index (χ2n) is 5.36.